The molecule has 0 aliphatic heterocycles. The number of carbonyl (C=O) groups excluding carboxylic acids is 1. The van der Waals surface area contributed by atoms with Crippen molar-refractivity contribution < 1.29 is 9.18 Å². The minimum absolute atomic E-state index is 0.0170. The Kier molecular flexibility index (Phi) is 4.61. The normalized spacial score (nSPS) is 10.3. The van der Waals surface area contributed by atoms with Gasteiger partial charge in [0.1, 0.15) is 5.82 Å². The summed E-state index contributed by atoms with van der Waals surface area (Å²) in [6, 6.07) is 12.0. The number of nitrogens with one attached hydrogen (secondary N) is 1. The lowest BCUT2D eigenvalue weighted by Crippen LogP contribution is -2.13. The molecule has 0 atom stereocenters. The van der Waals surface area contributed by atoms with Crippen molar-refractivity contribution in [2.45, 2.75) is 4.90 Å². The fraction of sp³-hybridized carbons (Fsp3) is 0.0714. The van der Waals surface area contributed by atoms with Crippen molar-refractivity contribution in [3.05, 3.63) is 58.3 Å². The van der Waals surface area contributed by atoms with E-state index in [0.29, 0.717) is 5.69 Å². The fourth-order valence-corrected chi connectivity index (χ4v) is 2.33. The Morgan fingerprint density at radius 2 is 1.89 bits per heavy atom. The Labute approximate surface area is 123 Å². The van der Waals surface area contributed by atoms with Gasteiger partial charge in [-0.1, -0.05) is 6.07 Å². The van der Waals surface area contributed by atoms with Gasteiger partial charge in [-0.2, -0.15) is 0 Å². The third kappa shape index (κ3) is 3.36. The van der Waals surface area contributed by atoms with Crippen molar-refractivity contribution >= 4 is 39.3 Å². The number of amides is 1. The molecule has 1 N–H and O–H groups in total. The van der Waals surface area contributed by atoms with Gasteiger partial charge in [-0.05, 0) is 58.6 Å². The van der Waals surface area contributed by atoms with E-state index in [1.165, 1.54) is 6.07 Å². The predicted molar refractivity (Wildman–Crippen MR) is 80.3 cm³/mol. The average molecular weight is 340 g/mol. The van der Waals surface area contributed by atoms with Crippen molar-refractivity contribution in [1.82, 2.24) is 0 Å². The van der Waals surface area contributed by atoms with E-state index < -0.39 is 11.7 Å². The molecule has 19 heavy (non-hydrogen) atoms. The fourth-order valence-electron chi connectivity index (χ4n) is 1.55. The number of halogens is 2. The molecule has 5 heteroatoms. The summed E-state index contributed by atoms with van der Waals surface area (Å²) in [6.45, 7) is 0. The molecule has 2 nitrogen and oxygen atoms in total. The van der Waals surface area contributed by atoms with Crippen LogP contribution in [0.2, 0.25) is 0 Å². The summed E-state index contributed by atoms with van der Waals surface area (Å²) in [7, 11) is 0. The Bertz CT molecular complexity index is 601. The van der Waals surface area contributed by atoms with E-state index in [4.69, 9.17) is 0 Å². The van der Waals surface area contributed by atoms with Crippen LogP contribution >= 0.6 is 27.7 Å². The topological polar surface area (TPSA) is 29.1 Å². The minimum Gasteiger partial charge on any atom is -0.322 e. The summed E-state index contributed by atoms with van der Waals surface area (Å²) in [5.41, 5.74) is 0.658. The molecule has 0 radical (unpaired) electrons. The molecular formula is C14H11BrFNOS. The minimum atomic E-state index is -0.555. The zero-order chi connectivity index (χ0) is 13.8. The second-order valence-electron chi connectivity index (χ2n) is 3.78. The van der Waals surface area contributed by atoms with Gasteiger partial charge in [-0.25, -0.2) is 4.39 Å². The molecule has 0 aromatic heterocycles. The Morgan fingerprint density at radius 3 is 2.53 bits per heavy atom. The standard InChI is InChI=1S/C14H11BrFNOS/c1-19-10-7-5-9(6-8-10)17-14(18)11-3-2-4-12(15)13(11)16/h2-8H,1H3,(H,17,18). The second kappa shape index (κ2) is 6.21. The van der Waals surface area contributed by atoms with Gasteiger partial charge in [0.05, 0.1) is 10.0 Å². The van der Waals surface area contributed by atoms with E-state index in [1.807, 2.05) is 18.4 Å². The average Bonchev–Trinajstić information content (AvgIpc) is 2.42. The number of hydrogen-bond donors (Lipinski definition) is 1. The lowest BCUT2D eigenvalue weighted by molar-refractivity contribution is 0.102. The summed E-state index contributed by atoms with van der Waals surface area (Å²) in [5.74, 6) is -1.02. The van der Waals surface area contributed by atoms with Crippen molar-refractivity contribution in [2.24, 2.45) is 0 Å². The third-order valence-electron chi connectivity index (χ3n) is 2.54. The molecule has 2 rings (SSSR count). The van der Waals surface area contributed by atoms with Crippen LogP contribution in [0.15, 0.2) is 51.8 Å². The van der Waals surface area contributed by atoms with Crippen LogP contribution in [0.3, 0.4) is 0 Å². The van der Waals surface area contributed by atoms with Gasteiger partial charge in [0, 0.05) is 10.6 Å². The second-order valence-corrected chi connectivity index (χ2v) is 5.52. The molecule has 98 valence electrons. The van der Waals surface area contributed by atoms with E-state index >= 15 is 0 Å². The first-order chi connectivity index (χ1) is 9.11. The highest BCUT2D eigenvalue weighted by molar-refractivity contribution is 9.10. The van der Waals surface area contributed by atoms with E-state index in [1.54, 1.807) is 36.0 Å². The summed E-state index contributed by atoms with van der Waals surface area (Å²) in [5, 5.41) is 2.67. The maximum absolute atomic E-state index is 13.8. The van der Waals surface area contributed by atoms with Gasteiger partial charge < -0.3 is 5.32 Å². The highest BCUT2D eigenvalue weighted by Gasteiger charge is 2.13. The number of thioether (sulfide) groups is 1. The zero-order valence-electron chi connectivity index (χ0n) is 10.1. The Morgan fingerprint density at radius 1 is 1.21 bits per heavy atom. The van der Waals surface area contributed by atoms with Crippen LogP contribution in [-0.2, 0) is 0 Å². The third-order valence-corrected chi connectivity index (χ3v) is 3.90. The summed E-state index contributed by atoms with van der Waals surface area (Å²) in [6.07, 6.45) is 1.98. The molecule has 0 spiro atoms. The molecule has 0 aliphatic rings. The zero-order valence-corrected chi connectivity index (χ0v) is 12.5. The number of rotatable bonds is 3. The number of anilines is 1. The molecule has 2 aromatic rings. The lowest BCUT2D eigenvalue weighted by Gasteiger charge is -2.07. The molecule has 0 unspecified atom stereocenters. The molecule has 0 bridgehead atoms. The summed E-state index contributed by atoms with van der Waals surface area (Å²) >= 11 is 4.68. The van der Waals surface area contributed by atoms with Crippen LogP contribution in [-0.4, -0.2) is 12.2 Å². The number of carbonyl (C=O) groups is 1. The van der Waals surface area contributed by atoms with Gasteiger partial charge in [0.2, 0.25) is 0 Å². The molecule has 0 heterocycles. The first-order valence-corrected chi connectivity index (χ1v) is 7.53. The first-order valence-electron chi connectivity index (χ1n) is 5.51. The molecule has 1 amide bonds. The van der Waals surface area contributed by atoms with Crippen LogP contribution < -0.4 is 5.32 Å². The maximum Gasteiger partial charge on any atom is 0.258 e. The van der Waals surface area contributed by atoms with Crippen LogP contribution in [0, 0.1) is 5.82 Å². The van der Waals surface area contributed by atoms with E-state index in [0.717, 1.165) is 4.90 Å². The lowest BCUT2D eigenvalue weighted by atomic mass is 10.2. The highest BCUT2D eigenvalue weighted by Crippen LogP contribution is 2.21. The van der Waals surface area contributed by atoms with Gasteiger partial charge in [-0.15, -0.1) is 11.8 Å². The summed E-state index contributed by atoms with van der Waals surface area (Å²) in [4.78, 5) is 13.1. The van der Waals surface area contributed by atoms with Crippen LogP contribution in [0.1, 0.15) is 10.4 Å². The number of benzene rings is 2. The SMILES string of the molecule is CSc1ccc(NC(=O)c2cccc(Br)c2F)cc1. The monoisotopic (exact) mass is 339 g/mol. The molecule has 0 saturated carbocycles. The van der Waals surface area contributed by atoms with E-state index in [-0.39, 0.29) is 10.0 Å². The Balaban J connectivity index is 2.18. The molecule has 0 aliphatic carbocycles. The summed E-state index contributed by atoms with van der Waals surface area (Å²) < 4.78 is 14.0. The molecule has 0 saturated heterocycles. The first kappa shape index (κ1) is 14.1. The van der Waals surface area contributed by atoms with Crippen LogP contribution in [0.5, 0.6) is 0 Å². The molecule has 0 fully saturated rings. The number of hydrogen-bond acceptors (Lipinski definition) is 2. The van der Waals surface area contributed by atoms with Crippen LogP contribution in [0.4, 0.5) is 10.1 Å². The molecular weight excluding hydrogens is 329 g/mol. The van der Waals surface area contributed by atoms with Crippen molar-refractivity contribution in [2.75, 3.05) is 11.6 Å². The van der Waals surface area contributed by atoms with Crippen molar-refractivity contribution in [3.8, 4) is 0 Å². The van der Waals surface area contributed by atoms with Gasteiger partial charge in [-0.3, -0.25) is 4.79 Å². The maximum atomic E-state index is 13.8. The van der Waals surface area contributed by atoms with Crippen molar-refractivity contribution in [1.29, 1.82) is 0 Å². The van der Waals surface area contributed by atoms with Gasteiger partial charge >= 0.3 is 0 Å². The predicted octanol–water partition coefficient (Wildman–Crippen LogP) is 4.56. The quantitative estimate of drug-likeness (QED) is 0.830. The van der Waals surface area contributed by atoms with Crippen LogP contribution in [0.25, 0.3) is 0 Å². The van der Waals surface area contributed by atoms with Gasteiger partial charge in [0.25, 0.3) is 5.91 Å². The van der Waals surface area contributed by atoms with E-state index in [9.17, 15) is 9.18 Å². The Hall–Kier alpha value is -1.33. The van der Waals surface area contributed by atoms with Crippen molar-refractivity contribution in [3.63, 3.8) is 0 Å². The molecule has 2 aromatic carbocycles. The van der Waals surface area contributed by atoms with E-state index in [2.05, 4.69) is 21.2 Å². The smallest absolute Gasteiger partial charge is 0.258 e. The highest BCUT2D eigenvalue weighted by atomic mass is 79.9. The van der Waals surface area contributed by atoms with Gasteiger partial charge in [0.15, 0.2) is 0 Å². The largest absolute Gasteiger partial charge is 0.322 e.